The van der Waals surface area contributed by atoms with Crippen molar-refractivity contribution in [2.45, 2.75) is 31.3 Å². The van der Waals surface area contributed by atoms with Gasteiger partial charge in [0, 0.05) is 36.9 Å². The van der Waals surface area contributed by atoms with Crippen LogP contribution in [0.15, 0.2) is 48.5 Å². The van der Waals surface area contributed by atoms with Gasteiger partial charge in [-0.05, 0) is 43.5 Å². The number of ether oxygens (including phenoxy) is 1. The maximum Gasteiger partial charge on any atom is 0.256 e. The van der Waals surface area contributed by atoms with Crippen LogP contribution in [0.1, 0.15) is 29.6 Å². The summed E-state index contributed by atoms with van der Waals surface area (Å²) in [5.74, 6) is 0.888. The predicted octanol–water partition coefficient (Wildman–Crippen LogP) is 4.25. The number of benzene rings is 2. The maximum absolute atomic E-state index is 13.2. The number of halogens is 2. The summed E-state index contributed by atoms with van der Waals surface area (Å²) >= 11 is 0. The number of hydrogen-bond donors (Lipinski definition) is 2. The van der Waals surface area contributed by atoms with Crippen LogP contribution in [0.3, 0.4) is 0 Å². The molecule has 28 heavy (non-hydrogen) atoms. The van der Waals surface area contributed by atoms with Crippen LogP contribution in [0, 0.1) is 0 Å². The van der Waals surface area contributed by atoms with E-state index in [0.29, 0.717) is 17.6 Å². The molecule has 2 aromatic rings. The fourth-order valence-corrected chi connectivity index (χ4v) is 3.93. The lowest BCUT2D eigenvalue weighted by Crippen LogP contribution is -2.39. The van der Waals surface area contributed by atoms with Crippen LogP contribution < -0.4 is 15.4 Å². The quantitative estimate of drug-likeness (QED) is 0.771. The molecular weight excluding hydrogens is 397 g/mol. The summed E-state index contributed by atoms with van der Waals surface area (Å²) < 4.78 is 5.29. The van der Waals surface area contributed by atoms with Crippen molar-refractivity contribution < 1.29 is 9.53 Å². The lowest BCUT2D eigenvalue weighted by atomic mass is 10.1. The normalized spacial score (nSPS) is 20.4. The van der Waals surface area contributed by atoms with Gasteiger partial charge in [-0.1, -0.05) is 18.2 Å². The summed E-state index contributed by atoms with van der Waals surface area (Å²) in [5, 5.41) is 7.01. The number of amides is 1. The topological polar surface area (TPSA) is 53.6 Å². The fourth-order valence-electron chi connectivity index (χ4n) is 3.93. The van der Waals surface area contributed by atoms with Crippen LogP contribution in [0.5, 0.6) is 5.75 Å². The lowest BCUT2D eigenvalue weighted by Gasteiger charge is -2.25. The first-order chi connectivity index (χ1) is 12.7. The molecule has 2 aromatic carbocycles. The van der Waals surface area contributed by atoms with Gasteiger partial charge in [-0.15, -0.1) is 24.8 Å². The molecule has 0 radical (unpaired) electrons. The Morgan fingerprint density at radius 2 is 1.86 bits per heavy atom. The van der Waals surface area contributed by atoms with E-state index in [1.165, 1.54) is 6.42 Å². The summed E-state index contributed by atoms with van der Waals surface area (Å²) in [6.45, 7) is 1.61. The number of methoxy groups -OCH3 is 1. The highest BCUT2D eigenvalue weighted by Crippen LogP contribution is 2.27. The Balaban J connectivity index is 0.00000140. The molecule has 2 unspecified atom stereocenters. The minimum absolute atomic E-state index is 0. The van der Waals surface area contributed by atoms with Gasteiger partial charge in [0.15, 0.2) is 0 Å². The summed E-state index contributed by atoms with van der Waals surface area (Å²) in [6.07, 6.45) is 3.44. The van der Waals surface area contributed by atoms with Gasteiger partial charge in [0.1, 0.15) is 5.75 Å². The van der Waals surface area contributed by atoms with Gasteiger partial charge < -0.3 is 20.3 Å². The van der Waals surface area contributed by atoms with Crippen molar-refractivity contribution in [2.24, 2.45) is 0 Å². The molecule has 0 aromatic heterocycles. The minimum atomic E-state index is 0. The second-order valence-corrected chi connectivity index (χ2v) is 7.08. The molecular formula is C21H27Cl2N3O2. The number of carbonyl (C=O) groups is 1. The molecule has 0 aliphatic carbocycles. The Morgan fingerprint density at radius 1 is 1.07 bits per heavy atom. The first-order valence-corrected chi connectivity index (χ1v) is 9.28. The van der Waals surface area contributed by atoms with E-state index < -0.39 is 0 Å². The van der Waals surface area contributed by atoms with Gasteiger partial charge in [0.25, 0.3) is 5.91 Å². The van der Waals surface area contributed by atoms with E-state index in [1.54, 1.807) is 7.11 Å². The van der Waals surface area contributed by atoms with Crippen molar-refractivity contribution in [1.29, 1.82) is 0 Å². The Bertz CT molecular complexity index is 803. The summed E-state index contributed by atoms with van der Waals surface area (Å²) in [5.41, 5.74) is 2.45. The molecule has 2 atom stereocenters. The third kappa shape index (κ3) is 4.90. The molecule has 152 valence electrons. The van der Waals surface area contributed by atoms with E-state index in [0.717, 1.165) is 43.1 Å². The van der Waals surface area contributed by atoms with Gasteiger partial charge in [-0.3, -0.25) is 4.79 Å². The van der Waals surface area contributed by atoms with E-state index in [1.807, 2.05) is 53.4 Å². The van der Waals surface area contributed by atoms with Crippen LogP contribution in [-0.2, 0) is 0 Å². The van der Waals surface area contributed by atoms with E-state index in [9.17, 15) is 4.79 Å². The molecule has 0 spiro atoms. The van der Waals surface area contributed by atoms with Crippen LogP contribution in [0.2, 0.25) is 0 Å². The highest BCUT2D eigenvalue weighted by molar-refractivity contribution is 6.00. The van der Waals surface area contributed by atoms with E-state index in [4.69, 9.17) is 4.74 Å². The highest BCUT2D eigenvalue weighted by Gasteiger charge is 2.31. The SMILES string of the molecule is COc1cccc(Nc2ccccc2C(=O)N2CCC3CCC(C2)N3)c1.Cl.Cl. The van der Waals surface area contributed by atoms with Crippen molar-refractivity contribution in [3.63, 3.8) is 0 Å². The minimum Gasteiger partial charge on any atom is -0.497 e. The zero-order valence-electron chi connectivity index (χ0n) is 15.9. The van der Waals surface area contributed by atoms with Gasteiger partial charge in [0.2, 0.25) is 0 Å². The number of nitrogens with one attached hydrogen (secondary N) is 2. The molecule has 2 N–H and O–H groups in total. The highest BCUT2D eigenvalue weighted by atomic mass is 35.5. The second-order valence-electron chi connectivity index (χ2n) is 7.08. The largest absolute Gasteiger partial charge is 0.497 e. The third-order valence-electron chi connectivity index (χ3n) is 5.32. The third-order valence-corrected chi connectivity index (χ3v) is 5.32. The first-order valence-electron chi connectivity index (χ1n) is 9.28. The number of carbonyl (C=O) groups excluding carboxylic acids is 1. The molecule has 5 nitrogen and oxygen atoms in total. The molecule has 2 saturated heterocycles. The van der Waals surface area contributed by atoms with Crippen molar-refractivity contribution in [3.05, 3.63) is 54.1 Å². The molecule has 2 heterocycles. The molecule has 2 bridgehead atoms. The van der Waals surface area contributed by atoms with E-state index >= 15 is 0 Å². The standard InChI is InChI=1S/C21H25N3O2.2ClH/c1-26-18-6-4-5-16(13-18)23-20-8-3-2-7-19(20)21(25)24-12-11-15-9-10-17(14-24)22-15;;/h2-8,13,15,17,22-23H,9-12,14H2,1H3;2*1H. The Hall–Kier alpha value is -1.95. The molecule has 7 heteroatoms. The molecule has 0 saturated carbocycles. The Kier molecular flexibility index (Phi) is 7.98. The van der Waals surface area contributed by atoms with Crippen molar-refractivity contribution in [2.75, 3.05) is 25.5 Å². The van der Waals surface area contributed by atoms with Gasteiger partial charge >= 0.3 is 0 Å². The van der Waals surface area contributed by atoms with Crippen LogP contribution >= 0.6 is 24.8 Å². The molecule has 2 aliphatic rings. The monoisotopic (exact) mass is 423 g/mol. The lowest BCUT2D eigenvalue weighted by molar-refractivity contribution is 0.0749. The van der Waals surface area contributed by atoms with E-state index in [2.05, 4.69) is 10.6 Å². The van der Waals surface area contributed by atoms with Gasteiger partial charge in [-0.25, -0.2) is 0 Å². The van der Waals surface area contributed by atoms with Crippen LogP contribution in [0.4, 0.5) is 11.4 Å². The summed E-state index contributed by atoms with van der Waals surface area (Å²) in [6, 6.07) is 16.5. The number of para-hydroxylation sites is 1. The van der Waals surface area contributed by atoms with E-state index in [-0.39, 0.29) is 30.7 Å². The maximum atomic E-state index is 13.2. The first kappa shape index (κ1) is 22.3. The number of nitrogens with zero attached hydrogens (tertiary/aromatic N) is 1. The second kappa shape index (κ2) is 10.0. The zero-order valence-corrected chi connectivity index (χ0v) is 17.5. The number of hydrogen-bond acceptors (Lipinski definition) is 4. The average molecular weight is 424 g/mol. The molecule has 4 rings (SSSR count). The summed E-state index contributed by atoms with van der Waals surface area (Å²) in [7, 11) is 1.65. The predicted molar refractivity (Wildman–Crippen MR) is 118 cm³/mol. The van der Waals surface area contributed by atoms with Crippen molar-refractivity contribution in [1.82, 2.24) is 10.2 Å². The van der Waals surface area contributed by atoms with Gasteiger partial charge in [-0.2, -0.15) is 0 Å². The number of fused-ring (bicyclic) bond motifs is 2. The zero-order chi connectivity index (χ0) is 17.9. The van der Waals surface area contributed by atoms with Crippen molar-refractivity contribution >= 4 is 42.1 Å². The molecule has 1 amide bonds. The molecule has 2 fully saturated rings. The number of rotatable bonds is 4. The van der Waals surface area contributed by atoms with Crippen molar-refractivity contribution in [3.8, 4) is 5.75 Å². The van der Waals surface area contributed by atoms with Crippen LogP contribution in [-0.4, -0.2) is 43.1 Å². The molecule has 2 aliphatic heterocycles. The number of likely N-dealkylation sites (tertiary alicyclic amines) is 1. The van der Waals surface area contributed by atoms with Gasteiger partial charge in [0.05, 0.1) is 18.4 Å². The summed E-state index contributed by atoms with van der Waals surface area (Å²) in [4.78, 5) is 15.2. The Morgan fingerprint density at radius 3 is 2.68 bits per heavy atom. The smallest absolute Gasteiger partial charge is 0.256 e. The Labute approximate surface area is 178 Å². The average Bonchev–Trinajstić information content (AvgIpc) is 3.00. The van der Waals surface area contributed by atoms with Crippen LogP contribution in [0.25, 0.3) is 0 Å². The fraction of sp³-hybridized carbons (Fsp3) is 0.381. The number of anilines is 2.